The van der Waals surface area contributed by atoms with E-state index in [1.54, 1.807) is 0 Å². The van der Waals surface area contributed by atoms with Crippen molar-refractivity contribution < 1.29 is 13.4 Å². The highest BCUT2D eigenvalue weighted by Gasteiger charge is 2.35. The Morgan fingerprint density at radius 2 is 1.08 bits per heavy atom. The molecule has 0 aliphatic carbocycles. The molecule has 0 saturated heterocycles. The van der Waals surface area contributed by atoms with Gasteiger partial charge in [-0.2, -0.15) is 0 Å². The summed E-state index contributed by atoms with van der Waals surface area (Å²) in [6, 6.07) is 0. The van der Waals surface area contributed by atoms with Crippen LogP contribution in [0.2, 0.25) is 0 Å². The SMILES string of the molecule is O=P1(OP2(=O)CC=CC2)CC=CC1. The van der Waals surface area contributed by atoms with E-state index in [9.17, 15) is 9.13 Å². The average molecular weight is 218 g/mol. The minimum Gasteiger partial charge on any atom is -0.292 e. The predicted molar refractivity (Wildman–Crippen MR) is 54.0 cm³/mol. The Morgan fingerprint density at radius 3 is 1.38 bits per heavy atom. The molecular formula is C8H12O3P2. The van der Waals surface area contributed by atoms with Crippen molar-refractivity contribution in [1.29, 1.82) is 0 Å². The fraction of sp³-hybridized carbons (Fsp3) is 0.500. The monoisotopic (exact) mass is 218 g/mol. The predicted octanol–water partition coefficient (Wildman–Crippen LogP) is 2.70. The molecule has 2 heterocycles. The molecule has 2 aliphatic rings. The van der Waals surface area contributed by atoms with Crippen molar-refractivity contribution in [3.63, 3.8) is 0 Å². The molecule has 0 amide bonds. The van der Waals surface area contributed by atoms with Crippen molar-refractivity contribution in [2.45, 2.75) is 0 Å². The zero-order valence-corrected chi connectivity index (χ0v) is 9.05. The molecular weight excluding hydrogens is 206 g/mol. The van der Waals surface area contributed by atoms with Crippen LogP contribution in [-0.4, -0.2) is 24.6 Å². The first-order valence-corrected chi connectivity index (χ1v) is 8.29. The van der Waals surface area contributed by atoms with E-state index in [0.29, 0.717) is 24.6 Å². The fourth-order valence-electron chi connectivity index (χ4n) is 1.49. The second-order valence-corrected chi connectivity index (χ2v) is 8.76. The van der Waals surface area contributed by atoms with E-state index in [1.165, 1.54) is 0 Å². The largest absolute Gasteiger partial charge is 0.292 e. The van der Waals surface area contributed by atoms with Crippen LogP contribution in [0.5, 0.6) is 0 Å². The molecule has 0 aromatic carbocycles. The number of rotatable bonds is 2. The highest BCUT2D eigenvalue weighted by molar-refractivity contribution is 7.72. The molecule has 0 bridgehead atoms. The minimum atomic E-state index is -2.60. The lowest BCUT2D eigenvalue weighted by Crippen LogP contribution is -1.94. The lowest BCUT2D eigenvalue weighted by Gasteiger charge is -2.17. The van der Waals surface area contributed by atoms with Gasteiger partial charge in [0.2, 0.25) is 14.7 Å². The Morgan fingerprint density at radius 1 is 0.769 bits per heavy atom. The van der Waals surface area contributed by atoms with E-state index in [2.05, 4.69) is 0 Å². The molecule has 13 heavy (non-hydrogen) atoms. The maximum Gasteiger partial charge on any atom is 0.216 e. The molecule has 0 saturated carbocycles. The van der Waals surface area contributed by atoms with Gasteiger partial charge in [-0.3, -0.25) is 13.4 Å². The Bertz CT molecular complexity index is 298. The van der Waals surface area contributed by atoms with E-state index in [0.717, 1.165) is 0 Å². The van der Waals surface area contributed by atoms with Gasteiger partial charge < -0.3 is 0 Å². The van der Waals surface area contributed by atoms with Gasteiger partial charge in [-0.1, -0.05) is 24.3 Å². The van der Waals surface area contributed by atoms with Crippen molar-refractivity contribution in [1.82, 2.24) is 0 Å². The van der Waals surface area contributed by atoms with Crippen LogP contribution in [0.1, 0.15) is 0 Å². The van der Waals surface area contributed by atoms with E-state index in [1.807, 2.05) is 24.3 Å². The lowest BCUT2D eigenvalue weighted by atomic mass is 10.6. The topological polar surface area (TPSA) is 43.4 Å². The highest BCUT2D eigenvalue weighted by Crippen LogP contribution is 2.66. The zero-order valence-electron chi connectivity index (χ0n) is 7.26. The van der Waals surface area contributed by atoms with Gasteiger partial charge in [0.15, 0.2) is 0 Å². The van der Waals surface area contributed by atoms with Gasteiger partial charge in [0.1, 0.15) is 0 Å². The van der Waals surface area contributed by atoms with Crippen LogP contribution in [-0.2, 0) is 13.4 Å². The van der Waals surface area contributed by atoms with Crippen LogP contribution in [0, 0.1) is 0 Å². The first-order valence-electron chi connectivity index (χ1n) is 4.29. The molecule has 0 atom stereocenters. The summed E-state index contributed by atoms with van der Waals surface area (Å²) in [4.78, 5) is 0. The Kier molecular flexibility index (Phi) is 2.35. The molecule has 72 valence electrons. The van der Waals surface area contributed by atoms with Crippen LogP contribution in [0.25, 0.3) is 0 Å². The average Bonchev–Trinajstić information content (AvgIpc) is 2.60. The molecule has 0 spiro atoms. The van der Waals surface area contributed by atoms with Crippen LogP contribution < -0.4 is 0 Å². The van der Waals surface area contributed by atoms with Gasteiger partial charge >= 0.3 is 0 Å². The summed E-state index contributed by atoms with van der Waals surface area (Å²) >= 11 is 0. The van der Waals surface area contributed by atoms with Crippen LogP contribution in [0.15, 0.2) is 24.3 Å². The van der Waals surface area contributed by atoms with E-state index < -0.39 is 14.7 Å². The van der Waals surface area contributed by atoms with Gasteiger partial charge in [-0.25, -0.2) is 0 Å². The maximum atomic E-state index is 11.9. The summed E-state index contributed by atoms with van der Waals surface area (Å²) in [6.07, 6.45) is 9.20. The summed E-state index contributed by atoms with van der Waals surface area (Å²) in [5, 5.41) is 0. The van der Waals surface area contributed by atoms with Gasteiger partial charge in [0.25, 0.3) is 0 Å². The van der Waals surface area contributed by atoms with Crippen molar-refractivity contribution in [2.24, 2.45) is 0 Å². The third-order valence-electron chi connectivity index (χ3n) is 2.17. The van der Waals surface area contributed by atoms with E-state index >= 15 is 0 Å². The zero-order chi connectivity index (χ0) is 9.36. The summed E-state index contributed by atoms with van der Waals surface area (Å²) in [6.45, 7) is 0. The first-order chi connectivity index (χ1) is 6.12. The minimum absolute atomic E-state index is 0.455. The van der Waals surface area contributed by atoms with Crippen molar-refractivity contribution in [3.05, 3.63) is 24.3 Å². The number of hydrogen-bond donors (Lipinski definition) is 0. The maximum absolute atomic E-state index is 11.9. The molecule has 5 heteroatoms. The van der Waals surface area contributed by atoms with Gasteiger partial charge in [-0.15, -0.1) is 0 Å². The van der Waals surface area contributed by atoms with Gasteiger partial charge in [-0.05, 0) is 0 Å². The summed E-state index contributed by atoms with van der Waals surface area (Å²) in [5.41, 5.74) is 0. The van der Waals surface area contributed by atoms with Gasteiger partial charge in [0.05, 0.1) is 0 Å². The van der Waals surface area contributed by atoms with Crippen molar-refractivity contribution in [2.75, 3.05) is 24.6 Å². The summed E-state index contributed by atoms with van der Waals surface area (Å²) in [7, 11) is -5.20. The lowest BCUT2D eigenvalue weighted by molar-refractivity contribution is 0.466. The number of hydrogen-bond acceptors (Lipinski definition) is 3. The Labute approximate surface area is 77.8 Å². The second kappa shape index (κ2) is 3.24. The molecule has 0 radical (unpaired) electrons. The van der Waals surface area contributed by atoms with Crippen LogP contribution in [0.3, 0.4) is 0 Å². The molecule has 2 aliphatic heterocycles. The molecule has 0 fully saturated rings. The van der Waals surface area contributed by atoms with Crippen molar-refractivity contribution in [3.8, 4) is 0 Å². The van der Waals surface area contributed by atoms with E-state index in [-0.39, 0.29) is 0 Å². The third-order valence-corrected chi connectivity index (χ3v) is 7.61. The molecule has 2 rings (SSSR count). The van der Waals surface area contributed by atoms with Crippen LogP contribution >= 0.6 is 14.7 Å². The summed E-state index contributed by atoms with van der Waals surface area (Å²) < 4.78 is 29.1. The molecule has 0 N–H and O–H groups in total. The second-order valence-electron chi connectivity index (χ2n) is 3.38. The van der Waals surface area contributed by atoms with E-state index in [4.69, 9.17) is 4.31 Å². The Balaban J connectivity index is 2.06. The standard InChI is InChI=1S/C8H12O3P2/c9-12(5-1-2-6-12)11-13(10)7-3-4-8-13/h1-4H,5-8H2. The normalized spacial score (nSPS) is 28.3. The fourth-order valence-corrected chi connectivity index (χ4v) is 6.91. The Hall–Kier alpha value is -0.100. The smallest absolute Gasteiger partial charge is 0.216 e. The van der Waals surface area contributed by atoms with Crippen molar-refractivity contribution >= 4 is 14.7 Å². The highest BCUT2D eigenvalue weighted by atomic mass is 31.2. The number of allylic oxidation sites excluding steroid dienone is 4. The first kappa shape index (κ1) is 9.45. The van der Waals surface area contributed by atoms with Crippen LogP contribution in [0.4, 0.5) is 0 Å². The molecule has 0 unspecified atom stereocenters. The molecule has 3 nitrogen and oxygen atoms in total. The van der Waals surface area contributed by atoms with Gasteiger partial charge in [0, 0.05) is 24.6 Å². The quantitative estimate of drug-likeness (QED) is 0.528. The molecule has 0 aromatic heterocycles. The third kappa shape index (κ3) is 2.04. The summed E-state index contributed by atoms with van der Waals surface area (Å²) in [5.74, 6) is 0. The molecule has 0 aromatic rings.